The highest BCUT2D eigenvalue weighted by Gasteiger charge is 2.12. The average molecular weight is 336 g/mol. The molecule has 0 saturated heterocycles. The Morgan fingerprint density at radius 1 is 1.25 bits per heavy atom. The Balaban J connectivity index is 2.31. The molecule has 2 aromatic rings. The van der Waals surface area contributed by atoms with Gasteiger partial charge in [0.05, 0.1) is 24.4 Å². The molecule has 0 bridgehead atoms. The number of aromatic nitrogens is 1. The van der Waals surface area contributed by atoms with E-state index >= 15 is 0 Å². The van der Waals surface area contributed by atoms with Crippen LogP contribution in [0.5, 0.6) is 11.5 Å². The first-order valence-corrected chi connectivity index (χ1v) is 6.91. The lowest BCUT2D eigenvalue weighted by Gasteiger charge is -2.07. The fraction of sp³-hybridized carbons (Fsp3) is 0.200. The summed E-state index contributed by atoms with van der Waals surface area (Å²) >= 11 is 3.37. The van der Waals surface area contributed by atoms with Crippen LogP contribution < -0.4 is 9.47 Å². The van der Waals surface area contributed by atoms with Crippen molar-refractivity contribution in [2.24, 2.45) is 0 Å². The van der Waals surface area contributed by atoms with E-state index in [1.165, 1.54) is 6.20 Å². The van der Waals surface area contributed by atoms with Crippen LogP contribution in [-0.2, 0) is 0 Å². The SMILES string of the molecule is CCOc1cncc(C(=O)c2ccc(OC)c(Br)c2)c1. The fourth-order valence-electron chi connectivity index (χ4n) is 1.76. The second-order valence-electron chi connectivity index (χ2n) is 4.02. The first kappa shape index (κ1) is 14.5. The quantitative estimate of drug-likeness (QED) is 0.785. The number of methoxy groups -OCH3 is 1. The van der Waals surface area contributed by atoms with Crippen LogP contribution in [-0.4, -0.2) is 24.5 Å². The summed E-state index contributed by atoms with van der Waals surface area (Å²) in [4.78, 5) is 16.4. The van der Waals surface area contributed by atoms with Crippen LogP contribution in [0.1, 0.15) is 22.8 Å². The highest BCUT2D eigenvalue weighted by molar-refractivity contribution is 9.10. The third-order valence-corrected chi connectivity index (χ3v) is 3.32. The van der Waals surface area contributed by atoms with E-state index in [-0.39, 0.29) is 5.78 Å². The van der Waals surface area contributed by atoms with Gasteiger partial charge in [-0.25, -0.2) is 0 Å². The second-order valence-corrected chi connectivity index (χ2v) is 4.88. The van der Waals surface area contributed by atoms with Crippen molar-refractivity contribution in [1.29, 1.82) is 0 Å². The third kappa shape index (κ3) is 3.17. The van der Waals surface area contributed by atoms with E-state index in [2.05, 4.69) is 20.9 Å². The summed E-state index contributed by atoms with van der Waals surface area (Å²) in [7, 11) is 1.58. The van der Waals surface area contributed by atoms with Crippen LogP contribution >= 0.6 is 15.9 Å². The summed E-state index contributed by atoms with van der Waals surface area (Å²) in [5.74, 6) is 1.16. The van der Waals surface area contributed by atoms with Gasteiger partial charge in [-0.2, -0.15) is 0 Å². The molecule has 20 heavy (non-hydrogen) atoms. The van der Waals surface area contributed by atoms with Crippen molar-refractivity contribution in [3.05, 3.63) is 52.3 Å². The van der Waals surface area contributed by atoms with Crippen molar-refractivity contribution in [2.45, 2.75) is 6.92 Å². The van der Waals surface area contributed by atoms with E-state index in [0.29, 0.717) is 29.2 Å². The smallest absolute Gasteiger partial charge is 0.194 e. The number of hydrogen-bond donors (Lipinski definition) is 0. The van der Waals surface area contributed by atoms with Crippen LogP contribution in [0.25, 0.3) is 0 Å². The van der Waals surface area contributed by atoms with Crippen molar-refractivity contribution >= 4 is 21.7 Å². The number of hydrogen-bond acceptors (Lipinski definition) is 4. The number of halogens is 1. The van der Waals surface area contributed by atoms with Gasteiger partial charge in [0.25, 0.3) is 0 Å². The monoisotopic (exact) mass is 335 g/mol. The predicted molar refractivity (Wildman–Crippen MR) is 79.5 cm³/mol. The number of rotatable bonds is 5. The second kappa shape index (κ2) is 6.52. The molecule has 2 rings (SSSR count). The molecule has 1 aromatic carbocycles. The number of carbonyl (C=O) groups excluding carboxylic acids is 1. The van der Waals surface area contributed by atoms with Crippen LogP contribution in [0.15, 0.2) is 41.1 Å². The maximum atomic E-state index is 12.4. The van der Waals surface area contributed by atoms with Gasteiger partial charge in [-0.05, 0) is 47.1 Å². The number of ketones is 1. The van der Waals surface area contributed by atoms with E-state index in [0.717, 1.165) is 4.47 Å². The molecule has 0 N–H and O–H groups in total. The summed E-state index contributed by atoms with van der Waals surface area (Å²) in [6, 6.07) is 6.89. The maximum absolute atomic E-state index is 12.4. The highest BCUT2D eigenvalue weighted by atomic mass is 79.9. The van der Waals surface area contributed by atoms with Gasteiger partial charge in [-0.15, -0.1) is 0 Å². The van der Waals surface area contributed by atoms with E-state index in [1.807, 2.05) is 6.92 Å². The minimum atomic E-state index is -0.109. The Labute approximate surface area is 125 Å². The number of benzene rings is 1. The molecule has 1 aromatic heterocycles. The largest absolute Gasteiger partial charge is 0.496 e. The molecule has 0 spiro atoms. The molecule has 0 radical (unpaired) electrons. The van der Waals surface area contributed by atoms with Crippen molar-refractivity contribution in [3.63, 3.8) is 0 Å². The molecular weight excluding hydrogens is 322 g/mol. The van der Waals surface area contributed by atoms with E-state index in [9.17, 15) is 4.79 Å². The van der Waals surface area contributed by atoms with Gasteiger partial charge in [0.15, 0.2) is 5.78 Å². The van der Waals surface area contributed by atoms with Gasteiger partial charge < -0.3 is 9.47 Å². The number of carbonyl (C=O) groups is 1. The highest BCUT2D eigenvalue weighted by Crippen LogP contribution is 2.26. The molecule has 0 saturated carbocycles. The van der Waals surface area contributed by atoms with Gasteiger partial charge in [0, 0.05) is 17.3 Å². The molecule has 104 valence electrons. The summed E-state index contributed by atoms with van der Waals surface area (Å²) in [6.45, 7) is 2.42. The first-order chi connectivity index (χ1) is 9.65. The molecule has 0 aliphatic rings. The van der Waals surface area contributed by atoms with Crippen LogP contribution in [0.4, 0.5) is 0 Å². The van der Waals surface area contributed by atoms with E-state index in [4.69, 9.17) is 9.47 Å². The predicted octanol–water partition coefficient (Wildman–Crippen LogP) is 3.48. The van der Waals surface area contributed by atoms with Gasteiger partial charge in [0.1, 0.15) is 11.5 Å². The van der Waals surface area contributed by atoms with Gasteiger partial charge in [0.2, 0.25) is 0 Å². The average Bonchev–Trinajstić information content (AvgIpc) is 2.47. The summed E-state index contributed by atoms with van der Waals surface area (Å²) < 4.78 is 11.2. The van der Waals surface area contributed by atoms with Crippen molar-refractivity contribution in [2.75, 3.05) is 13.7 Å². The molecule has 0 unspecified atom stereocenters. The Morgan fingerprint density at radius 2 is 2.05 bits per heavy atom. The Morgan fingerprint density at radius 3 is 2.70 bits per heavy atom. The Kier molecular flexibility index (Phi) is 4.74. The lowest BCUT2D eigenvalue weighted by atomic mass is 10.0. The number of ether oxygens (including phenoxy) is 2. The standard InChI is InChI=1S/C15H14BrNO3/c1-3-20-12-6-11(8-17-9-12)15(18)10-4-5-14(19-2)13(16)7-10/h4-9H,3H2,1-2H3. The molecule has 1 heterocycles. The molecule has 5 heteroatoms. The summed E-state index contributed by atoms with van der Waals surface area (Å²) in [6.07, 6.45) is 3.12. The lowest BCUT2D eigenvalue weighted by molar-refractivity contribution is 0.103. The first-order valence-electron chi connectivity index (χ1n) is 6.11. The summed E-state index contributed by atoms with van der Waals surface area (Å²) in [5.41, 5.74) is 1.06. The molecule has 0 amide bonds. The van der Waals surface area contributed by atoms with Gasteiger partial charge in [-0.1, -0.05) is 0 Å². The summed E-state index contributed by atoms with van der Waals surface area (Å²) in [5, 5.41) is 0. The topological polar surface area (TPSA) is 48.4 Å². The Hall–Kier alpha value is -1.88. The fourth-order valence-corrected chi connectivity index (χ4v) is 2.30. The third-order valence-electron chi connectivity index (χ3n) is 2.70. The number of nitrogens with zero attached hydrogens (tertiary/aromatic N) is 1. The zero-order valence-electron chi connectivity index (χ0n) is 11.2. The minimum absolute atomic E-state index is 0.109. The maximum Gasteiger partial charge on any atom is 0.194 e. The van der Waals surface area contributed by atoms with E-state index in [1.54, 1.807) is 37.6 Å². The zero-order valence-corrected chi connectivity index (χ0v) is 12.8. The van der Waals surface area contributed by atoms with Gasteiger partial charge >= 0.3 is 0 Å². The van der Waals surface area contributed by atoms with Crippen molar-refractivity contribution < 1.29 is 14.3 Å². The van der Waals surface area contributed by atoms with Crippen LogP contribution in [0, 0.1) is 0 Å². The molecule has 0 atom stereocenters. The zero-order chi connectivity index (χ0) is 14.5. The molecule has 4 nitrogen and oxygen atoms in total. The molecule has 0 fully saturated rings. The normalized spacial score (nSPS) is 10.2. The van der Waals surface area contributed by atoms with E-state index < -0.39 is 0 Å². The lowest BCUT2D eigenvalue weighted by Crippen LogP contribution is -2.03. The van der Waals surface area contributed by atoms with Crippen LogP contribution in [0.2, 0.25) is 0 Å². The molecule has 0 aliphatic heterocycles. The van der Waals surface area contributed by atoms with Crippen molar-refractivity contribution in [1.82, 2.24) is 4.98 Å². The molecule has 0 aliphatic carbocycles. The minimum Gasteiger partial charge on any atom is -0.496 e. The van der Waals surface area contributed by atoms with Crippen molar-refractivity contribution in [3.8, 4) is 11.5 Å². The number of pyridine rings is 1. The van der Waals surface area contributed by atoms with Crippen LogP contribution in [0.3, 0.4) is 0 Å². The Bertz CT molecular complexity index is 628. The van der Waals surface area contributed by atoms with Gasteiger partial charge in [-0.3, -0.25) is 9.78 Å². The molecular formula is C15H14BrNO3.